The van der Waals surface area contributed by atoms with E-state index in [-0.39, 0.29) is 10.6 Å². The molecule has 0 aliphatic heterocycles. The van der Waals surface area contributed by atoms with Crippen molar-refractivity contribution in [3.05, 3.63) is 71.6 Å². The summed E-state index contributed by atoms with van der Waals surface area (Å²) in [5, 5.41) is 5.07. The molecule has 0 radical (unpaired) electrons. The van der Waals surface area contributed by atoms with Crippen LogP contribution in [0.5, 0.6) is 0 Å². The van der Waals surface area contributed by atoms with Gasteiger partial charge in [0.25, 0.3) is 0 Å². The summed E-state index contributed by atoms with van der Waals surface area (Å²) >= 11 is 0. The van der Waals surface area contributed by atoms with Crippen LogP contribution in [0.3, 0.4) is 0 Å². The van der Waals surface area contributed by atoms with Crippen LogP contribution >= 0.6 is 0 Å². The van der Waals surface area contributed by atoms with Crippen LogP contribution in [0.4, 0.5) is 17.6 Å². The number of alkyl halides is 4. The average Bonchev–Trinajstić information content (AvgIpc) is 3.05. The molecule has 1 unspecified atom stereocenters. The number of hydrogen-bond acceptors (Lipinski definition) is 3. The van der Waals surface area contributed by atoms with E-state index in [1.165, 1.54) is 30.3 Å². The van der Waals surface area contributed by atoms with Gasteiger partial charge in [-0.2, -0.15) is 13.2 Å². The van der Waals surface area contributed by atoms with Crippen LogP contribution in [0.15, 0.2) is 59.6 Å². The molecule has 0 amide bonds. The lowest BCUT2D eigenvalue weighted by molar-refractivity contribution is -0.137. The first-order valence-corrected chi connectivity index (χ1v) is 9.31. The molecular weight excluding hydrogens is 384 g/mol. The lowest BCUT2D eigenvalue weighted by atomic mass is 9.98. The Balaban J connectivity index is 1.98. The van der Waals surface area contributed by atoms with Crippen LogP contribution in [-0.2, 0) is 16.2 Å². The summed E-state index contributed by atoms with van der Waals surface area (Å²) < 4.78 is 74.0. The average molecular weight is 398 g/mol. The van der Waals surface area contributed by atoms with Crippen LogP contribution in [-0.4, -0.2) is 20.1 Å². The van der Waals surface area contributed by atoms with Crippen molar-refractivity contribution in [3.63, 3.8) is 0 Å². The zero-order valence-electron chi connectivity index (χ0n) is 13.7. The van der Waals surface area contributed by atoms with Crippen molar-refractivity contribution >= 4 is 21.2 Å². The minimum Gasteiger partial charge on any atom is -0.256 e. The molecule has 1 heterocycles. The van der Waals surface area contributed by atoms with Gasteiger partial charge in [0.05, 0.1) is 22.8 Å². The van der Waals surface area contributed by atoms with E-state index < -0.39 is 34.4 Å². The van der Waals surface area contributed by atoms with Crippen molar-refractivity contribution in [2.24, 2.45) is 11.1 Å². The number of nitrogens with zero attached hydrogens (tertiary/aromatic N) is 1. The van der Waals surface area contributed by atoms with Crippen LogP contribution in [0.2, 0.25) is 0 Å². The highest BCUT2D eigenvalue weighted by Crippen LogP contribution is 2.39. The third-order valence-corrected chi connectivity index (χ3v) is 5.02. The molecule has 1 aliphatic rings. The highest BCUT2D eigenvalue weighted by Gasteiger charge is 2.31. The summed E-state index contributed by atoms with van der Waals surface area (Å²) in [5.74, 6) is -0.544. The van der Waals surface area contributed by atoms with Gasteiger partial charge in [-0.25, -0.2) is 13.6 Å². The van der Waals surface area contributed by atoms with Gasteiger partial charge in [-0.3, -0.25) is 9.37 Å². The van der Waals surface area contributed by atoms with E-state index >= 15 is 0 Å². The normalized spacial score (nSPS) is 17.6. The Labute approximate surface area is 153 Å². The predicted octanol–water partition coefficient (Wildman–Crippen LogP) is 3.81. The molecular formula is C18H14F4N2O2S. The fourth-order valence-corrected chi connectivity index (χ4v) is 3.28. The van der Waals surface area contributed by atoms with Crippen molar-refractivity contribution in [2.45, 2.75) is 11.1 Å². The molecule has 0 bridgehead atoms. The number of halogens is 4. The Morgan fingerprint density at radius 1 is 1.00 bits per heavy atom. The quantitative estimate of drug-likeness (QED) is 0.796. The first-order chi connectivity index (χ1) is 12.6. The van der Waals surface area contributed by atoms with Crippen LogP contribution < -0.4 is 5.14 Å². The molecule has 4 nitrogen and oxygen atoms in total. The van der Waals surface area contributed by atoms with Crippen molar-refractivity contribution in [1.29, 1.82) is 0 Å². The third kappa shape index (κ3) is 4.09. The fourth-order valence-electron chi connectivity index (χ4n) is 2.77. The standard InChI is InChI=1S/C18H14F4N2O2S/c19-9-11-7-15(12-1-4-14(5-2-12)27(23,25)26)16(8-11)17-6-3-13(10-24-17)18(20,21)22/h1-8,10-11H,9H2,(H2,23,25,26). The molecule has 2 aromatic rings. The second-order valence-electron chi connectivity index (χ2n) is 5.98. The molecule has 0 spiro atoms. The van der Waals surface area contributed by atoms with Crippen LogP contribution in [0, 0.1) is 5.92 Å². The van der Waals surface area contributed by atoms with Gasteiger partial charge in [-0.05, 0) is 35.4 Å². The predicted molar refractivity (Wildman–Crippen MR) is 92.5 cm³/mol. The summed E-state index contributed by atoms with van der Waals surface area (Å²) in [6.07, 6.45) is -0.570. The van der Waals surface area contributed by atoms with Crippen molar-refractivity contribution in [3.8, 4) is 0 Å². The third-order valence-electron chi connectivity index (χ3n) is 4.09. The van der Waals surface area contributed by atoms with E-state index in [1.54, 1.807) is 12.2 Å². The van der Waals surface area contributed by atoms with Crippen LogP contribution in [0.25, 0.3) is 11.1 Å². The van der Waals surface area contributed by atoms with Crippen molar-refractivity contribution in [1.82, 2.24) is 4.98 Å². The first kappa shape index (κ1) is 19.2. The molecule has 1 aromatic carbocycles. The van der Waals surface area contributed by atoms with E-state index in [4.69, 9.17) is 5.14 Å². The van der Waals surface area contributed by atoms with E-state index in [0.717, 1.165) is 12.3 Å². The second kappa shape index (κ2) is 6.90. The maximum atomic E-state index is 13.2. The minimum atomic E-state index is -4.50. The Bertz CT molecular complexity index is 1010. The Kier molecular flexibility index (Phi) is 4.92. The maximum absolute atomic E-state index is 13.2. The fraction of sp³-hybridized carbons (Fsp3) is 0.167. The lowest BCUT2D eigenvalue weighted by Gasteiger charge is -2.11. The number of allylic oxidation sites excluding steroid dienone is 4. The van der Waals surface area contributed by atoms with E-state index in [1.807, 2.05) is 0 Å². The lowest BCUT2D eigenvalue weighted by Crippen LogP contribution is -2.11. The molecule has 2 N–H and O–H groups in total. The molecule has 1 atom stereocenters. The molecule has 1 aliphatic carbocycles. The summed E-state index contributed by atoms with van der Waals surface area (Å²) in [7, 11) is -3.86. The molecule has 0 saturated carbocycles. The molecule has 142 valence electrons. The number of hydrogen-bond donors (Lipinski definition) is 1. The number of pyridine rings is 1. The van der Waals surface area contributed by atoms with Gasteiger partial charge in [-0.15, -0.1) is 0 Å². The summed E-state index contributed by atoms with van der Waals surface area (Å²) in [5.41, 5.74) is 1.00. The number of primary sulfonamides is 1. The maximum Gasteiger partial charge on any atom is 0.417 e. The number of sulfonamides is 1. The second-order valence-corrected chi connectivity index (χ2v) is 7.54. The number of benzene rings is 1. The van der Waals surface area contributed by atoms with Crippen molar-refractivity contribution < 1.29 is 26.0 Å². The monoisotopic (exact) mass is 398 g/mol. The van der Waals surface area contributed by atoms with Gasteiger partial charge in [0.1, 0.15) is 0 Å². The zero-order chi connectivity index (χ0) is 19.8. The summed E-state index contributed by atoms with van der Waals surface area (Å²) in [6.45, 7) is -0.678. The highest BCUT2D eigenvalue weighted by molar-refractivity contribution is 7.89. The highest BCUT2D eigenvalue weighted by atomic mass is 32.2. The smallest absolute Gasteiger partial charge is 0.256 e. The van der Waals surface area contributed by atoms with Gasteiger partial charge >= 0.3 is 6.18 Å². The molecule has 27 heavy (non-hydrogen) atoms. The Hall–Kier alpha value is -2.52. The molecule has 0 fully saturated rings. The Morgan fingerprint density at radius 3 is 2.11 bits per heavy atom. The SMILES string of the molecule is NS(=O)(=O)c1ccc(C2=CC(CF)C=C2c2ccc(C(F)(F)F)cn2)cc1. The van der Waals surface area contributed by atoms with E-state index in [0.29, 0.717) is 16.7 Å². The Morgan fingerprint density at radius 2 is 1.63 bits per heavy atom. The van der Waals surface area contributed by atoms with Gasteiger partial charge in [-0.1, -0.05) is 24.3 Å². The summed E-state index contributed by atoms with van der Waals surface area (Å²) in [4.78, 5) is 3.78. The number of aromatic nitrogens is 1. The molecule has 0 saturated heterocycles. The van der Waals surface area contributed by atoms with Crippen molar-refractivity contribution in [2.75, 3.05) is 6.67 Å². The first-order valence-electron chi connectivity index (χ1n) is 7.76. The summed E-state index contributed by atoms with van der Waals surface area (Å²) in [6, 6.07) is 7.77. The van der Waals surface area contributed by atoms with Gasteiger partial charge < -0.3 is 0 Å². The van der Waals surface area contributed by atoms with Gasteiger partial charge in [0.2, 0.25) is 10.0 Å². The van der Waals surface area contributed by atoms with E-state index in [9.17, 15) is 26.0 Å². The number of rotatable bonds is 4. The van der Waals surface area contributed by atoms with Crippen LogP contribution in [0.1, 0.15) is 16.8 Å². The molecule has 3 rings (SSSR count). The minimum absolute atomic E-state index is 0.0786. The van der Waals surface area contributed by atoms with Gasteiger partial charge in [0, 0.05) is 17.7 Å². The largest absolute Gasteiger partial charge is 0.417 e. The topological polar surface area (TPSA) is 73.1 Å². The molecule has 9 heteroatoms. The molecule has 1 aromatic heterocycles. The van der Waals surface area contributed by atoms with Gasteiger partial charge in [0.15, 0.2) is 0 Å². The number of nitrogens with two attached hydrogens (primary N) is 1. The van der Waals surface area contributed by atoms with E-state index in [2.05, 4.69) is 4.98 Å². The zero-order valence-corrected chi connectivity index (χ0v) is 14.6.